The summed E-state index contributed by atoms with van der Waals surface area (Å²) >= 11 is 0. The van der Waals surface area contributed by atoms with Crippen LogP contribution in [0.5, 0.6) is 0 Å². The maximum atomic E-state index is 5.90. The van der Waals surface area contributed by atoms with Crippen molar-refractivity contribution in [1.82, 2.24) is 0 Å². The third kappa shape index (κ3) is 1.26. The molecule has 13 heavy (non-hydrogen) atoms. The van der Waals surface area contributed by atoms with E-state index in [1.807, 2.05) is 6.07 Å². The molecular formula is C12H13N. The largest absolute Gasteiger partial charge is 0.398 e. The van der Waals surface area contributed by atoms with Gasteiger partial charge >= 0.3 is 0 Å². The lowest BCUT2D eigenvalue weighted by molar-refractivity contribution is 1.16. The first kappa shape index (κ1) is 8.11. The quantitative estimate of drug-likeness (QED) is 0.656. The van der Waals surface area contributed by atoms with Crippen LogP contribution in [-0.2, 0) is 6.42 Å². The number of rotatable bonds is 1. The number of nitrogens with two attached hydrogens (primary N) is 1. The van der Waals surface area contributed by atoms with Crippen LogP contribution >= 0.6 is 0 Å². The molecule has 0 aliphatic carbocycles. The number of hydrogen-bond donors (Lipinski definition) is 1. The van der Waals surface area contributed by atoms with Crippen LogP contribution < -0.4 is 5.73 Å². The average molecular weight is 171 g/mol. The molecule has 0 heterocycles. The van der Waals surface area contributed by atoms with E-state index in [1.54, 1.807) is 0 Å². The Kier molecular flexibility index (Phi) is 1.93. The highest BCUT2D eigenvalue weighted by molar-refractivity contribution is 5.89. The van der Waals surface area contributed by atoms with Crippen molar-refractivity contribution in [2.45, 2.75) is 13.3 Å². The fraction of sp³-hybridized carbons (Fsp3) is 0.167. The molecule has 2 aromatic rings. The maximum Gasteiger partial charge on any atom is 0.0352 e. The van der Waals surface area contributed by atoms with E-state index < -0.39 is 0 Å². The Morgan fingerprint density at radius 1 is 1.08 bits per heavy atom. The summed E-state index contributed by atoms with van der Waals surface area (Å²) in [6.45, 7) is 2.14. The molecule has 0 spiro atoms. The summed E-state index contributed by atoms with van der Waals surface area (Å²) in [7, 11) is 0. The zero-order chi connectivity index (χ0) is 9.26. The minimum atomic E-state index is 0.904. The molecule has 0 saturated heterocycles. The molecule has 0 aliphatic heterocycles. The van der Waals surface area contributed by atoms with Crippen LogP contribution in [-0.4, -0.2) is 0 Å². The van der Waals surface area contributed by atoms with Gasteiger partial charge in [-0.05, 0) is 28.8 Å². The van der Waals surface area contributed by atoms with Crippen LogP contribution in [0.15, 0.2) is 36.4 Å². The Hall–Kier alpha value is -1.50. The average Bonchev–Trinajstić information content (AvgIpc) is 2.18. The second-order valence-corrected chi connectivity index (χ2v) is 3.21. The molecule has 1 heteroatoms. The van der Waals surface area contributed by atoms with Crippen LogP contribution in [0.4, 0.5) is 5.69 Å². The van der Waals surface area contributed by atoms with Crippen molar-refractivity contribution in [2.75, 3.05) is 5.73 Å². The molecule has 0 unspecified atom stereocenters. The predicted octanol–water partition coefficient (Wildman–Crippen LogP) is 2.98. The molecular weight excluding hydrogens is 158 g/mol. The van der Waals surface area contributed by atoms with E-state index in [2.05, 4.69) is 37.3 Å². The summed E-state index contributed by atoms with van der Waals surface area (Å²) in [5, 5.41) is 2.55. The van der Waals surface area contributed by atoms with Gasteiger partial charge in [0.1, 0.15) is 0 Å². The van der Waals surface area contributed by atoms with E-state index in [9.17, 15) is 0 Å². The third-order valence-corrected chi connectivity index (χ3v) is 2.43. The second kappa shape index (κ2) is 3.09. The van der Waals surface area contributed by atoms with Crippen molar-refractivity contribution >= 4 is 16.5 Å². The predicted molar refractivity (Wildman–Crippen MR) is 57.7 cm³/mol. The fourth-order valence-corrected chi connectivity index (χ4v) is 1.75. The van der Waals surface area contributed by atoms with E-state index in [0.717, 1.165) is 12.1 Å². The summed E-state index contributed by atoms with van der Waals surface area (Å²) in [6, 6.07) is 12.4. The number of nitrogen functional groups attached to an aromatic ring is 1. The molecule has 0 saturated carbocycles. The number of fused-ring (bicyclic) bond motifs is 1. The molecule has 2 aromatic carbocycles. The first-order valence-electron chi connectivity index (χ1n) is 4.59. The highest BCUT2D eigenvalue weighted by Gasteiger charge is 2.01. The molecule has 2 rings (SSSR count). The van der Waals surface area contributed by atoms with Crippen LogP contribution in [0.2, 0.25) is 0 Å². The summed E-state index contributed by atoms with van der Waals surface area (Å²) in [6.07, 6.45) is 0.993. The van der Waals surface area contributed by atoms with Gasteiger partial charge in [0.05, 0.1) is 0 Å². The van der Waals surface area contributed by atoms with Crippen LogP contribution in [0.1, 0.15) is 12.5 Å². The van der Waals surface area contributed by atoms with E-state index in [-0.39, 0.29) is 0 Å². The fourth-order valence-electron chi connectivity index (χ4n) is 1.75. The van der Waals surface area contributed by atoms with E-state index in [0.29, 0.717) is 0 Å². The van der Waals surface area contributed by atoms with E-state index in [4.69, 9.17) is 5.73 Å². The standard InChI is InChI=1S/C12H13N/c1-2-10-11-6-4-3-5-9(11)7-8-12(10)13/h3-8H,2,13H2,1H3. The van der Waals surface area contributed by atoms with Gasteiger partial charge in [-0.15, -0.1) is 0 Å². The monoisotopic (exact) mass is 171 g/mol. The number of aryl methyl sites for hydroxylation is 1. The van der Waals surface area contributed by atoms with Gasteiger partial charge in [-0.25, -0.2) is 0 Å². The Morgan fingerprint density at radius 3 is 2.62 bits per heavy atom. The summed E-state index contributed by atoms with van der Waals surface area (Å²) in [5.74, 6) is 0. The molecule has 0 fully saturated rings. The van der Waals surface area contributed by atoms with Gasteiger partial charge in [0.15, 0.2) is 0 Å². The SMILES string of the molecule is CCc1c(N)ccc2ccccc12. The number of anilines is 1. The van der Waals surface area contributed by atoms with Crippen LogP contribution in [0.25, 0.3) is 10.8 Å². The van der Waals surface area contributed by atoms with Gasteiger partial charge in [0.2, 0.25) is 0 Å². The van der Waals surface area contributed by atoms with Gasteiger partial charge in [0, 0.05) is 5.69 Å². The smallest absolute Gasteiger partial charge is 0.0352 e. The molecule has 66 valence electrons. The van der Waals surface area contributed by atoms with E-state index >= 15 is 0 Å². The van der Waals surface area contributed by atoms with Gasteiger partial charge in [0.25, 0.3) is 0 Å². The lowest BCUT2D eigenvalue weighted by Crippen LogP contribution is -1.93. The van der Waals surface area contributed by atoms with Crippen molar-refractivity contribution in [3.8, 4) is 0 Å². The summed E-state index contributed by atoms with van der Waals surface area (Å²) in [4.78, 5) is 0. The van der Waals surface area contributed by atoms with Crippen molar-refractivity contribution in [1.29, 1.82) is 0 Å². The zero-order valence-electron chi connectivity index (χ0n) is 7.75. The van der Waals surface area contributed by atoms with Crippen LogP contribution in [0.3, 0.4) is 0 Å². The lowest BCUT2D eigenvalue weighted by Gasteiger charge is -2.06. The summed E-state index contributed by atoms with van der Waals surface area (Å²) < 4.78 is 0. The highest BCUT2D eigenvalue weighted by atomic mass is 14.6. The Balaban J connectivity index is 2.84. The van der Waals surface area contributed by atoms with Crippen molar-refractivity contribution in [3.63, 3.8) is 0 Å². The maximum absolute atomic E-state index is 5.90. The first-order valence-corrected chi connectivity index (χ1v) is 4.59. The van der Waals surface area contributed by atoms with Crippen LogP contribution in [0, 0.1) is 0 Å². The minimum Gasteiger partial charge on any atom is -0.398 e. The van der Waals surface area contributed by atoms with Gasteiger partial charge in [-0.3, -0.25) is 0 Å². The third-order valence-electron chi connectivity index (χ3n) is 2.43. The Labute approximate surface area is 78.2 Å². The minimum absolute atomic E-state index is 0.904. The Bertz CT molecular complexity index is 432. The normalized spacial score (nSPS) is 10.5. The molecule has 0 bridgehead atoms. The van der Waals surface area contributed by atoms with E-state index in [1.165, 1.54) is 16.3 Å². The second-order valence-electron chi connectivity index (χ2n) is 3.21. The number of hydrogen-bond acceptors (Lipinski definition) is 1. The molecule has 0 amide bonds. The summed E-state index contributed by atoms with van der Waals surface area (Å²) in [5.41, 5.74) is 8.06. The molecule has 0 aliphatic rings. The molecule has 0 atom stereocenters. The van der Waals surface area contributed by atoms with Crippen molar-refractivity contribution in [2.24, 2.45) is 0 Å². The molecule has 1 nitrogen and oxygen atoms in total. The molecule has 0 radical (unpaired) electrons. The van der Waals surface area contributed by atoms with Gasteiger partial charge in [-0.2, -0.15) is 0 Å². The molecule has 0 aromatic heterocycles. The number of benzene rings is 2. The first-order chi connectivity index (χ1) is 6.33. The van der Waals surface area contributed by atoms with Gasteiger partial charge in [-0.1, -0.05) is 37.3 Å². The van der Waals surface area contributed by atoms with Crippen molar-refractivity contribution < 1.29 is 0 Å². The Morgan fingerprint density at radius 2 is 1.85 bits per heavy atom. The van der Waals surface area contributed by atoms with Gasteiger partial charge < -0.3 is 5.73 Å². The zero-order valence-corrected chi connectivity index (χ0v) is 7.75. The highest BCUT2D eigenvalue weighted by Crippen LogP contribution is 2.24. The topological polar surface area (TPSA) is 26.0 Å². The lowest BCUT2D eigenvalue weighted by atomic mass is 10.0. The molecule has 2 N–H and O–H groups in total. The van der Waals surface area contributed by atoms with Crippen molar-refractivity contribution in [3.05, 3.63) is 42.0 Å².